The molecule has 0 saturated heterocycles. The maximum Gasteiger partial charge on any atom is 0.488 e. The second kappa shape index (κ2) is 4.44. The van der Waals surface area contributed by atoms with Crippen molar-refractivity contribution in [1.29, 1.82) is 0 Å². The maximum absolute atomic E-state index is 9.07. The minimum absolute atomic E-state index is 0.528. The highest BCUT2D eigenvalue weighted by Gasteiger charge is 2.15. The van der Waals surface area contributed by atoms with Crippen LogP contribution in [0.5, 0.6) is 0 Å². The van der Waals surface area contributed by atoms with Crippen molar-refractivity contribution >= 4 is 12.6 Å². The predicted molar refractivity (Wildman–Crippen MR) is 54.8 cm³/mol. The second-order valence-corrected chi connectivity index (χ2v) is 3.67. The summed E-state index contributed by atoms with van der Waals surface area (Å²) in [4.78, 5) is 0. The Hall–Kier alpha value is -0.795. The largest absolute Gasteiger partial charge is 0.488 e. The number of benzene rings is 1. The molecule has 0 aliphatic heterocycles. The minimum atomic E-state index is -1.35. The van der Waals surface area contributed by atoms with E-state index in [9.17, 15) is 0 Å². The van der Waals surface area contributed by atoms with Gasteiger partial charge < -0.3 is 10.0 Å². The van der Waals surface area contributed by atoms with Gasteiger partial charge in [0.05, 0.1) is 0 Å². The third-order valence-electron chi connectivity index (χ3n) is 1.96. The minimum Gasteiger partial charge on any atom is -0.423 e. The van der Waals surface area contributed by atoms with Gasteiger partial charge in [-0.25, -0.2) is 0 Å². The Kier molecular flexibility index (Phi) is 3.52. The van der Waals surface area contributed by atoms with E-state index >= 15 is 0 Å². The molecular weight excluding hydrogens is 163 g/mol. The first-order valence-electron chi connectivity index (χ1n) is 4.55. The molecule has 1 aromatic rings. The van der Waals surface area contributed by atoms with Gasteiger partial charge in [-0.15, -0.1) is 0 Å². The second-order valence-electron chi connectivity index (χ2n) is 3.67. The summed E-state index contributed by atoms with van der Waals surface area (Å²) in [5, 5.41) is 18.1. The van der Waals surface area contributed by atoms with Crippen LogP contribution >= 0.6 is 0 Å². The summed E-state index contributed by atoms with van der Waals surface area (Å²) < 4.78 is 0. The molecule has 2 nitrogen and oxygen atoms in total. The monoisotopic (exact) mass is 178 g/mol. The third-order valence-corrected chi connectivity index (χ3v) is 1.96. The Morgan fingerprint density at radius 1 is 1.23 bits per heavy atom. The molecular formula is C10H15BO2. The Balaban J connectivity index is 2.91. The number of hydrogen-bond acceptors (Lipinski definition) is 2. The Morgan fingerprint density at radius 3 is 2.38 bits per heavy atom. The lowest BCUT2D eigenvalue weighted by atomic mass is 9.75. The SMILES string of the molecule is CC(C)Cc1ccccc1B(O)O. The highest BCUT2D eigenvalue weighted by molar-refractivity contribution is 6.59. The van der Waals surface area contributed by atoms with E-state index in [0.717, 1.165) is 12.0 Å². The van der Waals surface area contributed by atoms with E-state index in [2.05, 4.69) is 13.8 Å². The molecule has 0 radical (unpaired) electrons. The highest BCUT2D eigenvalue weighted by atomic mass is 16.4. The lowest BCUT2D eigenvalue weighted by Crippen LogP contribution is -2.33. The van der Waals surface area contributed by atoms with Crippen molar-refractivity contribution in [3.63, 3.8) is 0 Å². The molecule has 0 aliphatic rings. The topological polar surface area (TPSA) is 40.5 Å². The summed E-state index contributed by atoms with van der Waals surface area (Å²) >= 11 is 0. The third kappa shape index (κ3) is 2.86. The fourth-order valence-electron chi connectivity index (χ4n) is 1.41. The maximum atomic E-state index is 9.07. The Labute approximate surface area is 79.4 Å². The number of hydrogen-bond donors (Lipinski definition) is 2. The lowest BCUT2D eigenvalue weighted by molar-refractivity contribution is 0.425. The average Bonchev–Trinajstić information content (AvgIpc) is 2.03. The number of rotatable bonds is 3. The molecule has 0 bridgehead atoms. The van der Waals surface area contributed by atoms with Crippen LogP contribution in [-0.2, 0) is 6.42 Å². The average molecular weight is 178 g/mol. The van der Waals surface area contributed by atoms with Gasteiger partial charge in [0.25, 0.3) is 0 Å². The molecule has 1 rings (SSSR count). The molecule has 0 unspecified atom stereocenters. The predicted octanol–water partition coefficient (Wildman–Crippen LogP) is 0.565. The van der Waals surface area contributed by atoms with Crippen LogP contribution in [0, 0.1) is 5.92 Å². The molecule has 0 aromatic heterocycles. The highest BCUT2D eigenvalue weighted by Crippen LogP contribution is 2.05. The first-order chi connectivity index (χ1) is 6.11. The van der Waals surface area contributed by atoms with Crippen molar-refractivity contribution in [3.8, 4) is 0 Å². The van der Waals surface area contributed by atoms with E-state index in [1.165, 1.54) is 0 Å². The molecule has 2 N–H and O–H groups in total. The van der Waals surface area contributed by atoms with E-state index in [-0.39, 0.29) is 0 Å². The van der Waals surface area contributed by atoms with Crippen molar-refractivity contribution in [3.05, 3.63) is 29.8 Å². The van der Waals surface area contributed by atoms with Crippen LogP contribution < -0.4 is 5.46 Å². The molecule has 1 aromatic carbocycles. The molecule has 0 amide bonds. The van der Waals surface area contributed by atoms with E-state index in [1.54, 1.807) is 6.07 Å². The summed E-state index contributed by atoms with van der Waals surface area (Å²) in [6, 6.07) is 7.43. The van der Waals surface area contributed by atoms with Crippen molar-refractivity contribution in [2.75, 3.05) is 0 Å². The van der Waals surface area contributed by atoms with Gasteiger partial charge in [-0.2, -0.15) is 0 Å². The molecule has 0 spiro atoms. The fraction of sp³-hybridized carbons (Fsp3) is 0.400. The van der Waals surface area contributed by atoms with Gasteiger partial charge in [-0.05, 0) is 23.4 Å². The van der Waals surface area contributed by atoms with Gasteiger partial charge in [-0.3, -0.25) is 0 Å². The van der Waals surface area contributed by atoms with Crippen LogP contribution in [0.3, 0.4) is 0 Å². The fourth-order valence-corrected chi connectivity index (χ4v) is 1.41. The summed E-state index contributed by atoms with van der Waals surface area (Å²) in [6.45, 7) is 4.22. The summed E-state index contributed by atoms with van der Waals surface area (Å²) in [7, 11) is -1.35. The van der Waals surface area contributed by atoms with Crippen LogP contribution in [-0.4, -0.2) is 17.2 Å². The van der Waals surface area contributed by atoms with E-state index in [1.807, 2.05) is 18.2 Å². The standard InChI is InChI=1S/C10H15BO2/c1-8(2)7-9-5-3-4-6-10(9)11(12)13/h3-6,8,12-13H,7H2,1-2H3. The van der Waals surface area contributed by atoms with Crippen LogP contribution in [0.25, 0.3) is 0 Å². The van der Waals surface area contributed by atoms with Gasteiger partial charge in [0.1, 0.15) is 0 Å². The Bertz CT molecular complexity index is 271. The summed E-state index contributed by atoms with van der Waals surface area (Å²) in [6.07, 6.45) is 0.883. The van der Waals surface area contributed by atoms with Gasteiger partial charge in [-0.1, -0.05) is 38.1 Å². The van der Waals surface area contributed by atoms with E-state index in [0.29, 0.717) is 11.4 Å². The van der Waals surface area contributed by atoms with Crippen molar-refractivity contribution in [2.45, 2.75) is 20.3 Å². The van der Waals surface area contributed by atoms with E-state index in [4.69, 9.17) is 10.0 Å². The van der Waals surface area contributed by atoms with E-state index < -0.39 is 7.12 Å². The quantitative estimate of drug-likeness (QED) is 0.664. The van der Waals surface area contributed by atoms with Gasteiger partial charge in [0.15, 0.2) is 0 Å². The molecule has 0 atom stereocenters. The molecule has 0 heterocycles. The molecule has 0 aliphatic carbocycles. The van der Waals surface area contributed by atoms with Crippen LogP contribution in [0.2, 0.25) is 0 Å². The van der Waals surface area contributed by atoms with Crippen LogP contribution in [0.1, 0.15) is 19.4 Å². The van der Waals surface area contributed by atoms with Crippen molar-refractivity contribution in [1.82, 2.24) is 0 Å². The normalized spacial score (nSPS) is 10.5. The first-order valence-corrected chi connectivity index (χ1v) is 4.55. The summed E-state index contributed by atoms with van der Waals surface area (Å²) in [5.74, 6) is 0.528. The van der Waals surface area contributed by atoms with Crippen LogP contribution in [0.15, 0.2) is 24.3 Å². The molecule has 3 heteroatoms. The molecule has 13 heavy (non-hydrogen) atoms. The zero-order valence-corrected chi connectivity index (χ0v) is 8.07. The zero-order valence-electron chi connectivity index (χ0n) is 8.07. The van der Waals surface area contributed by atoms with Gasteiger partial charge >= 0.3 is 7.12 Å². The van der Waals surface area contributed by atoms with Gasteiger partial charge in [0, 0.05) is 0 Å². The summed E-state index contributed by atoms with van der Waals surface area (Å²) in [5.41, 5.74) is 1.64. The first kappa shape index (κ1) is 10.3. The van der Waals surface area contributed by atoms with Crippen molar-refractivity contribution < 1.29 is 10.0 Å². The molecule has 70 valence electrons. The zero-order chi connectivity index (χ0) is 9.84. The smallest absolute Gasteiger partial charge is 0.423 e. The molecule has 0 saturated carbocycles. The van der Waals surface area contributed by atoms with Crippen molar-refractivity contribution in [2.24, 2.45) is 5.92 Å². The Morgan fingerprint density at radius 2 is 1.85 bits per heavy atom. The molecule has 0 fully saturated rings. The van der Waals surface area contributed by atoms with Gasteiger partial charge in [0.2, 0.25) is 0 Å². The van der Waals surface area contributed by atoms with Crippen LogP contribution in [0.4, 0.5) is 0 Å². The lowest BCUT2D eigenvalue weighted by Gasteiger charge is -2.10.